The predicted molar refractivity (Wildman–Crippen MR) is 61.3 cm³/mol. The van der Waals surface area contributed by atoms with Crippen molar-refractivity contribution in [3.05, 3.63) is 0 Å². The molecular formula is C11H15ClN2O3. The third-order valence-corrected chi connectivity index (χ3v) is 4.05. The number of halogens is 1. The van der Waals surface area contributed by atoms with Gasteiger partial charge < -0.3 is 4.90 Å². The van der Waals surface area contributed by atoms with E-state index in [0.717, 1.165) is 4.90 Å². The molecule has 0 aliphatic carbocycles. The Labute approximate surface area is 105 Å². The molecule has 0 saturated carbocycles. The molecule has 0 aromatic carbocycles. The number of carbonyl (C=O) groups is 3. The van der Waals surface area contributed by atoms with Gasteiger partial charge in [0.05, 0.1) is 11.8 Å². The van der Waals surface area contributed by atoms with Crippen molar-refractivity contribution in [3.8, 4) is 0 Å². The van der Waals surface area contributed by atoms with E-state index in [1.807, 2.05) is 6.92 Å². The molecule has 0 N–H and O–H groups in total. The second kappa shape index (κ2) is 4.29. The van der Waals surface area contributed by atoms with E-state index in [1.54, 1.807) is 4.90 Å². The number of carbonyl (C=O) groups excluding carboxylic acids is 3. The van der Waals surface area contributed by atoms with E-state index in [4.69, 9.17) is 11.6 Å². The van der Waals surface area contributed by atoms with Crippen LogP contribution in [0.1, 0.15) is 13.3 Å². The third kappa shape index (κ3) is 1.82. The van der Waals surface area contributed by atoms with Gasteiger partial charge in [-0.25, -0.2) is 0 Å². The van der Waals surface area contributed by atoms with Crippen LogP contribution in [-0.4, -0.2) is 53.0 Å². The Morgan fingerprint density at radius 2 is 1.82 bits per heavy atom. The molecule has 2 rings (SSSR count). The number of likely N-dealkylation sites (tertiary alicyclic amines) is 2. The molecule has 5 nitrogen and oxygen atoms in total. The minimum absolute atomic E-state index is 0.174. The SMILES string of the molecule is CCC(Cl)C(=O)N1CC2C(=O)N(C)C(=O)C2C1. The predicted octanol–water partition coefficient (Wildman–Crippen LogP) is 0.0770. The summed E-state index contributed by atoms with van der Waals surface area (Å²) in [5.41, 5.74) is 0. The molecule has 0 aromatic heterocycles. The maximum Gasteiger partial charge on any atom is 0.240 e. The largest absolute Gasteiger partial charge is 0.340 e. The highest BCUT2D eigenvalue weighted by Crippen LogP contribution is 2.33. The zero-order valence-electron chi connectivity index (χ0n) is 9.85. The summed E-state index contributed by atoms with van der Waals surface area (Å²) in [6.07, 6.45) is 0.550. The molecular weight excluding hydrogens is 244 g/mol. The molecule has 2 heterocycles. The lowest BCUT2D eigenvalue weighted by molar-refractivity contribution is -0.139. The Hall–Kier alpha value is -1.10. The van der Waals surface area contributed by atoms with Crippen LogP contribution >= 0.6 is 11.6 Å². The van der Waals surface area contributed by atoms with Gasteiger partial charge in [-0.1, -0.05) is 6.92 Å². The molecule has 3 unspecified atom stereocenters. The lowest BCUT2D eigenvalue weighted by Gasteiger charge is -2.20. The van der Waals surface area contributed by atoms with Gasteiger partial charge in [-0.05, 0) is 6.42 Å². The summed E-state index contributed by atoms with van der Waals surface area (Å²) in [6, 6.07) is 0. The van der Waals surface area contributed by atoms with Crippen molar-refractivity contribution in [2.45, 2.75) is 18.7 Å². The molecule has 3 amide bonds. The van der Waals surface area contributed by atoms with Crippen molar-refractivity contribution in [2.24, 2.45) is 11.8 Å². The Morgan fingerprint density at radius 1 is 1.35 bits per heavy atom. The lowest BCUT2D eigenvalue weighted by Crippen LogP contribution is -2.39. The summed E-state index contributed by atoms with van der Waals surface area (Å²) in [5, 5.41) is -0.559. The molecule has 2 aliphatic rings. The van der Waals surface area contributed by atoms with Crippen molar-refractivity contribution in [2.75, 3.05) is 20.1 Å². The first-order chi connectivity index (χ1) is 7.97. The molecule has 0 aromatic rings. The summed E-state index contributed by atoms with van der Waals surface area (Å²) in [7, 11) is 1.49. The Bertz CT molecular complexity index is 361. The number of hydrogen-bond donors (Lipinski definition) is 0. The molecule has 0 spiro atoms. The smallest absolute Gasteiger partial charge is 0.240 e. The number of rotatable bonds is 2. The minimum Gasteiger partial charge on any atom is -0.340 e. The van der Waals surface area contributed by atoms with Crippen LogP contribution in [0.25, 0.3) is 0 Å². The van der Waals surface area contributed by atoms with Crippen LogP contribution < -0.4 is 0 Å². The van der Waals surface area contributed by atoms with Crippen molar-refractivity contribution in [3.63, 3.8) is 0 Å². The molecule has 2 aliphatic heterocycles. The second-order valence-corrected chi connectivity index (χ2v) is 5.09. The summed E-state index contributed by atoms with van der Waals surface area (Å²) in [4.78, 5) is 38.0. The van der Waals surface area contributed by atoms with Gasteiger partial charge in [-0.2, -0.15) is 0 Å². The van der Waals surface area contributed by atoms with Gasteiger partial charge in [0.15, 0.2) is 0 Å². The maximum atomic E-state index is 11.9. The van der Waals surface area contributed by atoms with Gasteiger partial charge in [0.1, 0.15) is 5.38 Å². The first-order valence-electron chi connectivity index (χ1n) is 5.71. The van der Waals surface area contributed by atoms with Gasteiger partial charge in [0, 0.05) is 20.1 Å². The van der Waals surface area contributed by atoms with Crippen LogP contribution in [0.3, 0.4) is 0 Å². The summed E-state index contributed by atoms with van der Waals surface area (Å²) < 4.78 is 0. The van der Waals surface area contributed by atoms with Crippen molar-refractivity contribution < 1.29 is 14.4 Å². The van der Waals surface area contributed by atoms with Crippen LogP contribution in [0, 0.1) is 11.8 Å². The monoisotopic (exact) mass is 258 g/mol. The van der Waals surface area contributed by atoms with Crippen LogP contribution in [0.5, 0.6) is 0 Å². The summed E-state index contributed by atoms with van der Waals surface area (Å²) >= 11 is 5.88. The van der Waals surface area contributed by atoms with Gasteiger partial charge in [-0.3, -0.25) is 19.3 Å². The Balaban J connectivity index is 2.09. The van der Waals surface area contributed by atoms with Gasteiger partial charge in [0.2, 0.25) is 17.7 Å². The quantitative estimate of drug-likeness (QED) is 0.521. The van der Waals surface area contributed by atoms with E-state index in [2.05, 4.69) is 0 Å². The summed E-state index contributed by atoms with van der Waals surface area (Å²) in [5.74, 6) is -1.27. The molecule has 3 atom stereocenters. The van der Waals surface area contributed by atoms with E-state index < -0.39 is 5.38 Å². The number of hydrogen-bond acceptors (Lipinski definition) is 3. The van der Waals surface area contributed by atoms with Crippen molar-refractivity contribution >= 4 is 29.3 Å². The van der Waals surface area contributed by atoms with E-state index in [0.29, 0.717) is 19.5 Å². The molecule has 6 heteroatoms. The third-order valence-electron chi connectivity index (χ3n) is 3.55. The zero-order chi connectivity index (χ0) is 12.7. The first-order valence-corrected chi connectivity index (χ1v) is 6.15. The maximum absolute atomic E-state index is 11.9. The number of alkyl halides is 1. The fraction of sp³-hybridized carbons (Fsp3) is 0.727. The van der Waals surface area contributed by atoms with E-state index in [9.17, 15) is 14.4 Å². The minimum atomic E-state index is -0.559. The zero-order valence-corrected chi connectivity index (χ0v) is 10.6. The van der Waals surface area contributed by atoms with Crippen LogP contribution in [0.15, 0.2) is 0 Å². The average Bonchev–Trinajstić information content (AvgIpc) is 2.85. The van der Waals surface area contributed by atoms with E-state index in [-0.39, 0.29) is 29.6 Å². The second-order valence-electron chi connectivity index (χ2n) is 4.57. The summed E-state index contributed by atoms with van der Waals surface area (Å²) in [6.45, 7) is 2.47. The number of fused-ring (bicyclic) bond motifs is 1. The lowest BCUT2D eigenvalue weighted by atomic mass is 10.00. The highest BCUT2D eigenvalue weighted by atomic mass is 35.5. The van der Waals surface area contributed by atoms with E-state index >= 15 is 0 Å². The highest BCUT2D eigenvalue weighted by molar-refractivity contribution is 6.30. The van der Waals surface area contributed by atoms with E-state index in [1.165, 1.54) is 7.05 Å². The van der Waals surface area contributed by atoms with Crippen LogP contribution in [0.2, 0.25) is 0 Å². The van der Waals surface area contributed by atoms with Gasteiger partial charge >= 0.3 is 0 Å². The molecule has 2 fully saturated rings. The molecule has 0 radical (unpaired) electrons. The molecule has 94 valence electrons. The number of amides is 3. The fourth-order valence-electron chi connectivity index (χ4n) is 2.46. The standard InChI is InChI=1S/C11H15ClN2O3/c1-3-8(12)11(17)14-4-6-7(5-14)10(16)13(2)9(6)15/h6-8H,3-5H2,1-2H3. The Morgan fingerprint density at radius 3 is 2.24 bits per heavy atom. The highest BCUT2D eigenvalue weighted by Gasteiger charge is 2.52. The molecule has 0 bridgehead atoms. The Kier molecular flexibility index (Phi) is 3.12. The van der Waals surface area contributed by atoms with Gasteiger partial charge in [-0.15, -0.1) is 11.6 Å². The molecule has 2 saturated heterocycles. The van der Waals surface area contributed by atoms with Crippen LogP contribution in [0.4, 0.5) is 0 Å². The normalized spacial score (nSPS) is 29.8. The first kappa shape index (κ1) is 12.4. The average molecular weight is 259 g/mol. The topological polar surface area (TPSA) is 57.7 Å². The van der Waals surface area contributed by atoms with Crippen molar-refractivity contribution in [1.29, 1.82) is 0 Å². The van der Waals surface area contributed by atoms with Gasteiger partial charge in [0.25, 0.3) is 0 Å². The number of nitrogens with zero attached hydrogens (tertiary/aromatic N) is 2. The molecule has 17 heavy (non-hydrogen) atoms. The van der Waals surface area contributed by atoms with Crippen LogP contribution in [-0.2, 0) is 14.4 Å². The fourth-order valence-corrected chi connectivity index (χ4v) is 2.60. The number of imide groups is 1. The van der Waals surface area contributed by atoms with Crippen molar-refractivity contribution in [1.82, 2.24) is 9.80 Å².